The minimum Gasteiger partial charge on any atom is -0.397 e. The molecule has 2 rings (SSSR count). The largest absolute Gasteiger partial charge is 0.397 e. The van der Waals surface area contributed by atoms with Gasteiger partial charge in [-0.2, -0.15) is 0 Å². The Morgan fingerprint density at radius 2 is 2.38 bits per heavy atom. The maximum atomic E-state index is 5.68. The molecule has 0 amide bonds. The number of hydrogen-bond acceptors (Lipinski definition) is 4. The van der Waals surface area contributed by atoms with Gasteiger partial charge < -0.3 is 16.0 Å². The zero-order valence-corrected chi connectivity index (χ0v) is 9.82. The van der Waals surface area contributed by atoms with Gasteiger partial charge in [0.1, 0.15) is 0 Å². The van der Waals surface area contributed by atoms with E-state index in [1.807, 2.05) is 12.3 Å². The standard InChI is InChI=1S/C12H20N4/c1-16-5-3-2-4-12(16)9-15-11-6-10(13)7-14-8-11/h6-8,12,15H,2-5,9,13H2,1H3. The predicted octanol–water partition coefficient (Wildman–Crippen LogP) is 1.56. The molecule has 0 spiro atoms. The molecule has 0 aliphatic carbocycles. The van der Waals surface area contributed by atoms with Crippen molar-refractivity contribution in [2.24, 2.45) is 0 Å². The molecule has 0 bridgehead atoms. The van der Waals surface area contributed by atoms with Crippen LogP contribution in [-0.2, 0) is 0 Å². The van der Waals surface area contributed by atoms with Crippen LogP contribution in [0.1, 0.15) is 19.3 Å². The van der Waals surface area contributed by atoms with E-state index in [1.165, 1.54) is 25.8 Å². The Labute approximate surface area is 96.8 Å². The first-order chi connectivity index (χ1) is 7.75. The van der Waals surface area contributed by atoms with Gasteiger partial charge in [0.25, 0.3) is 0 Å². The summed E-state index contributed by atoms with van der Waals surface area (Å²) < 4.78 is 0. The first-order valence-corrected chi connectivity index (χ1v) is 5.90. The lowest BCUT2D eigenvalue weighted by molar-refractivity contribution is 0.194. The molecule has 1 fully saturated rings. The molecule has 3 N–H and O–H groups in total. The smallest absolute Gasteiger partial charge is 0.0547 e. The van der Waals surface area contributed by atoms with Crippen LogP contribution in [0.25, 0.3) is 0 Å². The van der Waals surface area contributed by atoms with Crippen LogP contribution in [0.3, 0.4) is 0 Å². The van der Waals surface area contributed by atoms with Crippen molar-refractivity contribution in [3.63, 3.8) is 0 Å². The molecule has 4 heteroatoms. The van der Waals surface area contributed by atoms with E-state index in [9.17, 15) is 0 Å². The average molecular weight is 220 g/mol. The SMILES string of the molecule is CN1CCCCC1CNc1cncc(N)c1. The summed E-state index contributed by atoms with van der Waals surface area (Å²) in [5, 5.41) is 3.40. The second-order valence-corrected chi connectivity index (χ2v) is 4.52. The van der Waals surface area contributed by atoms with E-state index >= 15 is 0 Å². The monoisotopic (exact) mass is 220 g/mol. The van der Waals surface area contributed by atoms with Gasteiger partial charge in [0, 0.05) is 18.8 Å². The van der Waals surface area contributed by atoms with E-state index in [-0.39, 0.29) is 0 Å². The number of nitrogen functional groups attached to an aromatic ring is 1. The van der Waals surface area contributed by atoms with E-state index < -0.39 is 0 Å². The van der Waals surface area contributed by atoms with Crippen molar-refractivity contribution in [1.29, 1.82) is 0 Å². The number of likely N-dealkylation sites (N-methyl/N-ethyl adjacent to an activating group) is 1. The number of hydrogen-bond donors (Lipinski definition) is 2. The second-order valence-electron chi connectivity index (χ2n) is 4.52. The van der Waals surface area contributed by atoms with E-state index in [0.717, 1.165) is 12.2 Å². The summed E-state index contributed by atoms with van der Waals surface area (Å²) >= 11 is 0. The Kier molecular flexibility index (Phi) is 3.62. The van der Waals surface area contributed by atoms with Gasteiger partial charge in [-0.15, -0.1) is 0 Å². The minimum absolute atomic E-state index is 0.634. The van der Waals surface area contributed by atoms with Crippen LogP contribution in [0.5, 0.6) is 0 Å². The fourth-order valence-electron chi connectivity index (χ4n) is 2.19. The van der Waals surface area contributed by atoms with E-state index in [2.05, 4.69) is 22.2 Å². The van der Waals surface area contributed by atoms with Gasteiger partial charge >= 0.3 is 0 Å². The van der Waals surface area contributed by atoms with Gasteiger partial charge in [-0.1, -0.05) is 6.42 Å². The zero-order valence-electron chi connectivity index (χ0n) is 9.82. The Hall–Kier alpha value is -1.29. The molecule has 0 saturated carbocycles. The molecule has 1 atom stereocenters. The fraction of sp³-hybridized carbons (Fsp3) is 0.583. The van der Waals surface area contributed by atoms with Crippen LogP contribution in [0.15, 0.2) is 18.5 Å². The Morgan fingerprint density at radius 3 is 3.12 bits per heavy atom. The van der Waals surface area contributed by atoms with Crippen molar-refractivity contribution in [3.05, 3.63) is 18.5 Å². The molecule has 1 unspecified atom stereocenters. The molecule has 16 heavy (non-hydrogen) atoms. The lowest BCUT2D eigenvalue weighted by Gasteiger charge is -2.32. The molecule has 1 aliphatic heterocycles. The number of nitrogens with one attached hydrogen (secondary N) is 1. The summed E-state index contributed by atoms with van der Waals surface area (Å²) in [6, 6.07) is 2.56. The minimum atomic E-state index is 0.634. The highest BCUT2D eigenvalue weighted by molar-refractivity contribution is 5.51. The summed E-state index contributed by atoms with van der Waals surface area (Å²) in [6.45, 7) is 2.18. The van der Waals surface area contributed by atoms with Gasteiger partial charge in [-0.05, 0) is 32.5 Å². The third-order valence-corrected chi connectivity index (χ3v) is 3.22. The number of piperidine rings is 1. The van der Waals surface area contributed by atoms with Crippen molar-refractivity contribution >= 4 is 11.4 Å². The molecule has 1 aromatic rings. The van der Waals surface area contributed by atoms with Crippen LogP contribution < -0.4 is 11.1 Å². The maximum Gasteiger partial charge on any atom is 0.0547 e. The van der Waals surface area contributed by atoms with Gasteiger partial charge in [-0.3, -0.25) is 4.98 Å². The molecule has 1 saturated heterocycles. The summed E-state index contributed by atoms with van der Waals surface area (Å²) in [7, 11) is 2.20. The highest BCUT2D eigenvalue weighted by Crippen LogP contribution is 2.16. The zero-order chi connectivity index (χ0) is 11.4. The summed E-state index contributed by atoms with van der Waals surface area (Å²) in [4.78, 5) is 6.49. The maximum absolute atomic E-state index is 5.68. The normalized spacial score (nSPS) is 21.9. The van der Waals surface area contributed by atoms with Crippen LogP contribution in [0, 0.1) is 0 Å². The third-order valence-electron chi connectivity index (χ3n) is 3.22. The Morgan fingerprint density at radius 1 is 1.50 bits per heavy atom. The lowest BCUT2D eigenvalue weighted by atomic mass is 10.0. The fourth-order valence-corrected chi connectivity index (χ4v) is 2.19. The molecule has 1 aromatic heterocycles. The molecular formula is C12H20N4. The second kappa shape index (κ2) is 5.16. The molecular weight excluding hydrogens is 200 g/mol. The van der Waals surface area contributed by atoms with Crippen LogP contribution in [0.4, 0.5) is 11.4 Å². The number of nitrogens with zero attached hydrogens (tertiary/aromatic N) is 2. The average Bonchev–Trinajstić information content (AvgIpc) is 2.28. The molecule has 2 heterocycles. The number of likely N-dealkylation sites (tertiary alicyclic amines) is 1. The van der Waals surface area contributed by atoms with Crippen LogP contribution in [0.2, 0.25) is 0 Å². The van der Waals surface area contributed by atoms with Crippen molar-refractivity contribution in [2.75, 3.05) is 31.2 Å². The highest BCUT2D eigenvalue weighted by Gasteiger charge is 2.18. The Bertz CT molecular complexity index is 340. The number of nitrogens with two attached hydrogens (primary N) is 1. The molecule has 88 valence electrons. The van der Waals surface area contributed by atoms with E-state index in [4.69, 9.17) is 5.73 Å². The first-order valence-electron chi connectivity index (χ1n) is 5.90. The van der Waals surface area contributed by atoms with Crippen LogP contribution >= 0.6 is 0 Å². The topological polar surface area (TPSA) is 54.2 Å². The number of rotatable bonds is 3. The van der Waals surface area contributed by atoms with Gasteiger partial charge in [-0.25, -0.2) is 0 Å². The number of anilines is 2. The highest BCUT2D eigenvalue weighted by atomic mass is 15.2. The summed E-state index contributed by atoms with van der Waals surface area (Å²) in [5.74, 6) is 0. The van der Waals surface area contributed by atoms with Gasteiger partial charge in [0.05, 0.1) is 17.6 Å². The first kappa shape index (κ1) is 11.2. The third kappa shape index (κ3) is 2.85. The molecule has 1 aliphatic rings. The molecule has 0 aromatic carbocycles. The summed E-state index contributed by atoms with van der Waals surface area (Å²) in [5.41, 5.74) is 7.40. The lowest BCUT2D eigenvalue weighted by Crippen LogP contribution is -2.40. The van der Waals surface area contributed by atoms with Gasteiger partial charge in [0.15, 0.2) is 0 Å². The Balaban J connectivity index is 1.86. The molecule has 0 radical (unpaired) electrons. The van der Waals surface area contributed by atoms with Crippen LogP contribution in [-0.4, -0.2) is 36.1 Å². The van der Waals surface area contributed by atoms with Gasteiger partial charge in [0.2, 0.25) is 0 Å². The van der Waals surface area contributed by atoms with Crippen molar-refractivity contribution in [2.45, 2.75) is 25.3 Å². The van der Waals surface area contributed by atoms with Crippen molar-refractivity contribution in [1.82, 2.24) is 9.88 Å². The quantitative estimate of drug-likeness (QED) is 0.811. The predicted molar refractivity (Wildman–Crippen MR) is 67.4 cm³/mol. The number of aromatic nitrogens is 1. The van der Waals surface area contributed by atoms with Crippen molar-refractivity contribution in [3.8, 4) is 0 Å². The van der Waals surface area contributed by atoms with E-state index in [1.54, 1.807) is 6.20 Å². The van der Waals surface area contributed by atoms with E-state index in [0.29, 0.717) is 11.7 Å². The molecule has 4 nitrogen and oxygen atoms in total. The van der Waals surface area contributed by atoms with Crippen molar-refractivity contribution < 1.29 is 0 Å². The number of pyridine rings is 1. The summed E-state index contributed by atoms with van der Waals surface area (Å²) in [6.07, 6.45) is 7.43.